The molecule has 0 radical (unpaired) electrons. The number of ether oxygens (including phenoxy) is 1. The minimum atomic E-state index is 0.257. The molecule has 0 aliphatic heterocycles. The fourth-order valence-electron chi connectivity index (χ4n) is 2.42. The summed E-state index contributed by atoms with van der Waals surface area (Å²) in [5, 5.41) is 0. The normalized spacial score (nSPS) is 21.5. The van der Waals surface area contributed by atoms with E-state index in [1.807, 2.05) is 31.0 Å². The van der Waals surface area contributed by atoms with Gasteiger partial charge in [-0.05, 0) is 30.5 Å². The quantitative estimate of drug-likeness (QED) is 0.800. The van der Waals surface area contributed by atoms with Gasteiger partial charge in [0.15, 0.2) is 0 Å². The Bertz CT molecular complexity index is 430. The molecule has 2 rings (SSSR count). The first-order valence-electron chi connectivity index (χ1n) is 6.57. The zero-order chi connectivity index (χ0) is 13.1. The number of hydrogen-bond acceptors (Lipinski definition) is 2. The fourth-order valence-corrected chi connectivity index (χ4v) is 2.42. The number of carbonyl (C=O) groups excluding carboxylic acids is 1. The van der Waals surface area contributed by atoms with E-state index < -0.39 is 0 Å². The van der Waals surface area contributed by atoms with Gasteiger partial charge in [-0.2, -0.15) is 0 Å². The molecule has 3 nitrogen and oxygen atoms in total. The van der Waals surface area contributed by atoms with E-state index in [0.717, 1.165) is 18.6 Å². The SMILES string of the molecule is CCCC(=O)N(C)C1CC1c1cccc(OC)c1. The van der Waals surface area contributed by atoms with E-state index >= 15 is 0 Å². The van der Waals surface area contributed by atoms with Crippen LogP contribution in [0.2, 0.25) is 0 Å². The van der Waals surface area contributed by atoms with E-state index in [4.69, 9.17) is 4.74 Å². The van der Waals surface area contributed by atoms with Gasteiger partial charge in [-0.15, -0.1) is 0 Å². The van der Waals surface area contributed by atoms with Crippen molar-refractivity contribution in [2.75, 3.05) is 14.2 Å². The standard InChI is InChI=1S/C15H21NO2/c1-4-6-15(17)16(2)14-10-13(14)11-7-5-8-12(9-11)18-3/h5,7-9,13-14H,4,6,10H2,1-3H3. The Morgan fingerprint density at radius 1 is 1.50 bits per heavy atom. The second-order valence-corrected chi connectivity index (χ2v) is 4.94. The van der Waals surface area contributed by atoms with E-state index in [1.165, 1.54) is 5.56 Å². The lowest BCUT2D eigenvalue weighted by Crippen LogP contribution is -2.29. The van der Waals surface area contributed by atoms with Crippen molar-refractivity contribution in [2.24, 2.45) is 0 Å². The van der Waals surface area contributed by atoms with Gasteiger partial charge in [-0.3, -0.25) is 4.79 Å². The van der Waals surface area contributed by atoms with Gasteiger partial charge in [0.1, 0.15) is 5.75 Å². The van der Waals surface area contributed by atoms with Gasteiger partial charge in [0.25, 0.3) is 0 Å². The minimum Gasteiger partial charge on any atom is -0.497 e. The summed E-state index contributed by atoms with van der Waals surface area (Å²) >= 11 is 0. The molecule has 0 spiro atoms. The predicted molar refractivity (Wildman–Crippen MR) is 71.8 cm³/mol. The Hall–Kier alpha value is -1.51. The molecule has 1 saturated carbocycles. The highest BCUT2D eigenvalue weighted by atomic mass is 16.5. The number of amides is 1. The molecule has 2 unspecified atom stereocenters. The Morgan fingerprint density at radius 2 is 2.28 bits per heavy atom. The van der Waals surface area contributed by atoms with Gasteiger partial charge in [0.05, 0.1) is 7.11 Å². The lowest BCUT2D eigenvalue weighted by molar-refractivity contribution is -0.130. The van der Waals surface area contributed by atoms with Gasteiger partial charge < -0.3 is 9.64 Å². The van der Waals surface area contributed by atoms with Crippen molar-refractivity contribution in [3.63, 3.8) is 0 Å². The Morgan fingerprint density at radius 3 is 2.94 bits per heavy atom. The van der Waals surface area contributed by atoms with E-state index in [9.17, 15) is 4.79 Å². The summed E-state index contributed by atoms with van der Waals surface area (Å²) in [5.41, 5.74) is 1.27. The second-order valence-electron chi connectivity index (χ2n) is 4.94. The lowest BCUT2D eigenvalue weighted by Gasteiger charge is -2.17. The Balaban J connectivity index is 1.99. The van der Waals surface area contributed by atoms with E-state index in [1.54, 1.807) is 7.11 Å². The van der Waals surface area contributed by atoms with Crippen LogP contribution in [-0.4, -0.2) is 31.0 Å². The van der Waals surface area contributed by atoms with Crippen molar-refractivity contribution in [2.45, 2.75) is 38.1 Å². The molecule has 0 bridgehead atoms. The average Bonchev–Trinajstić information content (AvgIpc) is 3.18. The third-order valence-electron chi connectivity index (χ3n) is 3.63. The molecule has 1 fully saturated rings. The summed E-state index contributed by atoms with van der Waals surface area (Å²) < 4.78 is 5.23. The second kappa shape index (κ2) is 5.42. The highest BCUT2D eigenvalue weighted by Gasteiger charge is 2.42. The van der Waals surface area contributed by atoms with Crippen molar-refractivity contribution in [3.05, 3.63) is 29.8 Å². The fraction of sp³-hybridized carbons (Fsp3) is 0.533. The van der Waals surface area contributed by atoms with Crippen molar-refractivity contribution < 1.29 is 9.53 Å². The predicted octanol–water partition coefficient (Wildman–Crippen LogP) is 2.81. The molecule has 0 N–H and O–H groups in total. The summed E-state index contributed by atoms with van der Waals surface area (Å²) in [6.45, 7) is 2.04. The van der Waals surface area contributed by atoms with Gasteiger partial charge in [0, 0.05) is 25.4 Å². The van der Waals surface area contributed by atoms with Crippen molar-refractivity contribution in [1.82, 2.24) is 4.90 Å². The van der Waals surface area contributed by atoms with Crippen molar-refractivity contribution >= 4 is 5.91 Å². The van der Waals surface area contributed by atoms with Crippen LogP contribution in [0.5, 0.6) is 5.75 Å². The van der Waals surface area contributed by atoms with Crippen LogP contribution < -0.4 is 4.74 Å². The number of likely N-dealkylation sites (N-methyl/N-ethyl adjacent to an activating group) is 1. The highest BCUT2D eigenvalue weighted by molar-refractivity contribution is 5.76. The number of methoxy groups -OCH3 is 1. The zero-order valence-corrected chi connectivity index (χ0v) is 11.3. The van der Waals surface area contributed by atoms with Gasteiger partial charge in [-0.25, -0.2) is 0 Å². The first kappa shape index (κ1) is 12.9. The number of nitrogens with zero attached hydrogens (tertiary/aromatic N) is 1. The van der Waals surface area contributed by atoms with E-state index in [-0.39, 0.29) is 5.91 Å². The third-order valence-corrected chi connectivity index (χ3v) is 3.63. The van der Waals surface area contributed by atoms with Gasteiger partial charge >= 0.3 is 0 Å². The topological polar surface area (TPSA) is 29.5 Å². The summed E-state index contributed by atoms with van der Waals surface area (Å²) in [6.07, 6.45) is 2.64. The molecule has 3 heteroatoms. The molecule has 1 amide bonds. The summed E-state index contributed by atoms with van der Waals surface area (Å²) in [6, 6.07) is 8.52. The molecule has 1 aromatic carbocycles. The molecule has 1 aliphatic carbocycles. The van der Waals surface area contributed by atoms with E-state index in [0.29, 0.717) is 18.4 Å². The number of benzene rings is 1. The number of rotatable bonds is 5. The highest BCUT2D eigenvalue weighted by Crippen LogP contribution is 2.45. The van der Waals surface area contributed by atoms with Crippen LogP contribution in [0.4, 0.5) is 0 Å². The first-order valence-corrected chi connectivity index (χ1v) is 6.57. The molecule has 98 valence electrons. The maximum atomic E-state index is 11.8. The molecule has 1 aliphatic rings. The monoisotopic (exact) mass is 247 g/mol. The Labute approximate surface area is 109 Å². The van der Waals surface area contributed by atoms with Crippen LogP contribution in [0.25, 0.3) is 0 Å². The summed E-state index contributed by atoms with van der Waals surface area (Å²) in [5.74, 6) is 1.62. The Kier molecular flexibility index (Phi) is 3.90. The first-order chi connectivity index (χ1) is 8.67. The molecule has 0 aromatic heterocycles. The van der Waals surface area contributed by atoms with Gasteiger partial charge in [-0.1, -0.05) is 19.1 Å². The minimum absolute atomic E-state index is 0.257. The zero-order valence-electron chi connectivity index (χ0n) is 11.3. The number of carbonyl (C=O) groups is 1. The van der Waals surface area contributed by atoms with Crippen LogP contribution in [0.1, 0.15) is 37.7 Å². The molecule has 18 heavy (non-hydrogen) atoms. The van der Waals surface area contributed by atoms with Crippen LogP contribution in [0.15, 0.2) is 24.3 Å². The molecular weight excluding hydrogens is 226 g/mol. The van der Waals surface area contributed by atoms with Crippen molar-refractivity contribution in [3.8, 4) is 5.75 Å². The maximum absolute atomic E-state index is 11.8. The van der Waals surface area contributed by atoms with Crippen LogP contribution in [0.3, 0.4) is 0 Å². The summed E-state index contributed by atoms with van der Waals surface area (Å²) in [7, 11) is 3.60. The third kappa shape index (κ3) is 2.66. The molecule has 2 atom stereocenters. The van der Waals surface area contributed by atoms with E-state index in [2.05, 4.69) is 12.1 Å². The lowest BCUT2D eigenvalue weighted by atomic mass is 10.1. The average molecular weight is 247 g/mol. The largest absolute Gasteiger partial charge is 0.497 e. The smallest absolute Gasteiger partial charge is 0.222 e. The molecule has 0 heterocycles. The van der Waals surface area contributed by atoms with Gasteiger partial charge in [0.2, 0.25) is 5.91 Å². The van der Waals surface area contributed by atoms with Crippen molar-refractivity contribution in [1.29, 1.82) is 0 Å². The molecule has 1 aromatic rings. The summed E-state index contributed by atoms with van der Waals surface area (Å²) in [4.78, 5) is 13.7. The molecule has 0 saturated heterocycles. The van der Waals surface area contributed by atoms with Crippen LogP contribution >= 0.6 is 0 Å². The van der Waals surface area contributed by atoms with Crippen LogP contribution in [-0.2, 0) is 4.79 Å². The number of hydrogen-bond donors (Lipinski definition) is 0. The maximum Gasteiger partial charge on any atom is 0.222 e. The van der Waals surface area contributed by atoms with Crippen LogP contribution in [0, 0.1) is 0 Å². The molecular formula is C15H21NO2.